The monoisotopic (exact) mass is 422 g/mol. The Labute approximate surface area is 158 Å². The van der Waals surface area contributed by atoms with Crippen LogP contribution in [0.4, 0.5) is 5.69 Å². The molecule has 0 saturated carbocycles. The SMILES string of the molecule is CCCC(C)S(=O)(=O)N(C)P(O)(=S)Nc1ccccc1C(=O)C(=O)OC. The number of carbonyl (C=O) groups is 2. The van der Waals surface area contributed by atoms with Crippen LogP contribution in [0.5, 0.6) is 0 Å². The summed E-state index contributed by atoms with van der Waals surface area (Å²) in [6.45, 7) is -0.389. The van der Waals surface area contributed by atoms with Gasteiger partial charge in [0.05, 0.1) is 23.6 Å². The smallest absolute Gasteiger partial charge is 0.379 e. The largest absolute Gasteiger partial charge is 0.463 e. The predicted octanol–water partition coefficient (Wildman–Crippen LogP) is 2.12. The first-order chi connectivity index (χ1) is 12.0. The lowest BCUT2D eigenvalue weighted by Crippen LogP contribution is -2.34. The normalized spacial score (nSPS) is 15.2. The fraction of sp³-hybridized carbons (Fsp3) is 0.467. The number of ketones is 1. The Kier molecular flexibility index (Phi) is 7.91. The van der Waals surface area contributed by atoms with E-state index in [9.17, 15) is 22.9 Å². The summed E-state index contributed by atoms with van der Waals surface area (Å²) >= 11 is 5.11. The van der Waals surface area contributed by atoms with Gasteiger partial charge >= 0.3 is 5.97 Å². The van der Waals surface area contributed by atoms with Gasteiger partial charge in [-0.05, 0) is 37.3 Å². The number of nitrogens with zero attached hydrogens (tertiary/aromatic N) is 1. The maximum absolute atomic E-state index is 12.6. The Balaban J connectivity index is 3.20. The molecule has 2 atom stereocenters. The molecule has 0 heterocycles. The second-order valence-electron chi connectivity index (χ2n) is 5.60. The van der Waals surface area contributed by atoms with Crippen molar-refractivity contribution in [3.63, 3.8) is 0 Å². The number of benzene rings is 1. The van der Waals surface area contributed by atoms with Crippen molar-refractivity contribution < 1.29 is 27.6 Å². The molecule has 0 aliphatic carbocycles. The van der Waals surface area contributed by atoms with E-state index in [-0.39, 0.29) is 11.3 Å². The van der Waals surface area contributed by atoms with Crippen molar-refractivity contribution in [1.29, 1.82) is 0 Å². The summed E-state index contributed by atoms with van der Waals surface area (Å²) < 4.78 is 30.3. The van der Waals surface area contributed by atoms with Crippen molar-refractivity contribution in [2.45, 2.75) is 31.9 Å². The fourth-order valence-electron chi connectivity index (χ4n) is 2.18. The quantitative estimate of drug-likeness (QED) is 0.269. The van der Waals surface area contributed by atoms with Gasteiger partial charge in [-0.25, -0.2) is 13.2 Å². The number of hydrogen-bond acceptors (Lipinski definition) is 6. The van der Waals surface area contributed by atoms with Gasteiger partial charge in [-0.15, -0.1) is 4.08 Å². The zero-order chi connectivity index (χ0) is 20.1. The van der Waals surface area contributed by atoms with Gasteiger partial charge in [0, 0.05) is 7.05 Å². The Morgan fingerprint density at radius 3 is 2.50 bits per heavy atom. The van der Waals surface area contributed by atoms with Crippen molar-refractivity contribution in [3.8, 4) is 0 Å². The maximum atomic E-state index is 12.6. The summed E-state index contributed by atoms with van der Waals surface area (Å²) in [6, 6.07) is 5.85. The summed E-state index contributed by atoms with van der Waals surface area (Å²) in [7, 11) is -1.58. The first kappa shape index (κ1) is 22.7. The van der Waals surface area contributed by atoms with Crippen LogP contribution in [0.1, 0.15) is 37.0 Å². The summed E-state index contributed by atoms with van der Waals surface area (Å²) in [5.74, 6) is -2.02. The molecule has 2 unspecified atom stereocenters. The van der Waals surface area contributed by atoms with E-state index >= 15 is 0 Å². The molecule has 0 aromatic heterocycles. The number of Topliss-reactive ketones (excluding diaryl/α,β-unsaturated/α-hetero) is 1. The Hall–Kier alpha value is -1.32. The van der Waals surface area contributed by atoms with Crippen molar-refractivity contribution in [2.75, 3.05) is 19.2 Å². The number of para-hydroxylation sites is 1. The Bertz CT molecular complexity index is 827. The van der Waals surface area contributed by atoms with E-state index in [4.69, 9.17) is 11.8 Å². The molecule has 0 spiro atoms. The van der Waals surface area contributed by atoms with Gasteiger partial charge in [0.2, 0.25) is 16.6 Å². The highest BCUT2D eigenvalue weighted by molar-refractivity contribution is 8.15. The van der Waals surface area contributed by atoms with Crippen molar-refractivity contribution in [3.05, 3.63) is 29.8 Å². The molecule has 0 fully saturated rings. The number of nitrogens with one attached hydrogen (secondary N) is 1. The Morgan fingerprint density at radius 1 is 1.38 bits per heavy atom. The van der Waals surface area contributed by atoms with Crippen molar-refractivity contribution >= 4 is 45.8 Å². The summed E-state index contributed by atoms with van der Waals surface area (Å²) in [5, 5.41) is 1.83. The molecule has 0 aliphatic heterocycles. The van der Waals surface area contributed by atoms with Crippen LogP contribution in [0.3, 0.4) is 0 Å². The molecule has 0 bridgehead atoms. The van der Waals surface area contributed by atoms with Crippen LogP contribution < -0.4 is 5.09 Å². The van der Waals surface area contributed by atoms with Crippen LogP contribution in [0.2, 0.25) is 0 Å². The minimum atomic E-state index is -3.84. The van der Waals surface area contributed by atoms with E-state index in [1.54, 1.807) is 13.0 Å². The molecule has 0 aliphatic rings. The first-order valence-electron chi connectivity index (χ1n) is 7.80. The minimum Gasteiger partial charge on any atom is -0.463 e. The average molecular weight is 422 g/mol. The molecule has 1 rings (SSSR count). The summed E-state index contributed by atoms with van der Waals surface area (Å²) in [6.07, 6.45) is 1.08. The third-order valence-electron chi connectivity index (χ3n) is 3.76. The Morgan fingerprint density at radius 2 is 1.96 bits per heavy atom. The maximum Gasteiger partial charge on any atom is 0.379 e. The zero-order valence-corrected chi connectivity index (χ0v) is 17.5. The van der Waals surface area contributed by atoms with Crippen LogP contribution in [0.25, 0.3) is 0 Å². The molecule has 146 valence electrons. The van der Waals surface area contributed by atoms with E-state index in [1.165, 1.54) is 25.2 Å². The van der Waals surface area contributed by atoms with E-state index in [0.717, 1.165) is 11.2 Å². The molecule has 0 amide bonds. The van der Waals surface area contributed by atoms with Gasteiger partial charge in [-0.3, -0.25) is 4.79 Å². The van der Waals surface area contributed by atoms with Crippen LogP contribution >= 0.6 is 6.57 Å². The number of anilines is 1. The number of esters is 1. The van der Waals surface area contributed by atoms with E-state index in [2.05, 4.69) is 9.82 Å². The molecule has 11 heteroatoms. The second kappa shape index (κ2) is 9.05. The number of ether oxygens (including phenoxy) is 1. The standard InChI is InChI=1S/C15H23N2O6PS2/c1-5-8-11(2)26(21,22)17(3)24(20,25)16-13-10-7-6-9-12(13)14(18)15(19)23-4/h6-7,9-11H,5,8H2,1-4H3,(H2,16,20,25). The fourth-order valence-corrected chi connectivity index (χ4v) is 6.85. The minimum absolute atomic E-state index is 0.0546. The number of hydrogen-bond donors (Lipinski definition) is 2. The second-order valence-corrected chi connectivity index (χ2v) is 11.7. The van der Waals surface area contributed by atoms with E-state index < -0.39 is 33.6 Å². The van der Waals surface area contributed by atoms with Gasteiger partial charge in [-0.1, -0.05) is 25.5 Å². The first-order valence-corrected chi connectivity index (χ1v) is 12.0. The molecular weight excluding hydrogens is 399 g/mol. The lowest BCUT2D eigenvalue weighted by molar-refractivity contribution is -0.135. The van der Waals surface area contributed by atoms with Crippen molar-refractivity contribution in [2.24, 2.45) is 0 Å². The third-order valence-corrected chi connectivity index (χ3v) is 9.76. The number of carbonyl (C=O) groups excluding carboxylic acids is 2. The predicted molar refractivity (Wildman–Crippen MR) is 104 cm³/mol. The molecule has 0 saturated heterocycles. The third kappa shape index (κ3) is 5.11. The number of rotatable bonds is 9. The van der Waals surface area contributed by atoms with Gasteiger partial charge < -0.3 is 14.7 Å². The van der Waals surface area contributed by atoms with E-state index in [0.29, 0.717) is 12.8 Å². The van der Waals surface area contributed by atoms with Crippen LogP contribution in [-0.2, 0) is 31.4 Å². The zero-order valence-electron chi connectivity index (χ0n) is 15.0. The molecule has 1 aromatic rings. The lowest BCUT2D eigenvalue weighted by atomic mass is 10.1. The molecule has 1 aromatic carbocycles. The van der Waals surface area contributed by atoms with Gasteiger partial charge in [0.25, 0.3) is 5.78 Å². The molecule has 26 heavy (non-hydrogen) atoms. The highest BCUT2D eigenvalue weighted by Crippen LogP contribution is 2.47. The average Bonchev–Trinajstić information content (AvgIpc) is 2.60. The van der Waals surface area contributed by atoms with Gasteiger partial charge in [0.15, 0.2) is 0 Å². The molecular formula is C15H23N2O6PS2. The molecule has 0 radical (unpaired) electrons. The highest BCUT2D eigenvalue weighted by Gasteiger charge is 2.35. The summed E-state index contributed by atoms with van der Waals surface area (Å²) in [4.78, 5) is 34.2. The topological polar surface area (TPSA) is 113 Å². The van der Waals surface area contributed by atoms with Crippen LogP contribution in [0, 0.1) is 0 Å². The van der Waals surface area contributed by atoms with Gasteiger partial charge in [0.1, 0.15) is 0 Å². The number of methoxy groups -OCH3 is 1. The van der Waals surface area contributed by atoms with Crippen LogP contribution in [0.15, 0.2) is 24.3 Å². The lowest BCUT2D eigenvalue weighted by Gasteiger charge is -2.30. The number of sulfonamides is 1. The van der Waals surface area contributed by atoms with Crippen LogP contribution in [-0.4, -0.2) is 48.5 Å². The molecule has 8 nitrogen and oxygen atoms in total. The van der Waals surface area contributed by atoms with Gasteiger partial charge in [-0.2, -0.15) is 0 Å². The van der Waals surface area contributed by atoms with Crippen molar-refractivity contribution in [1.82, 2.24) is 4.08 Å². The van der Waals surface area contributed by atoms with E-state index in [1.807, 2.05) is 6.92 Å². The molecule has 2 N–H and O–H groups in total. The highest BCUT2D eigenvalue weighted by atomic mass is 32.5. The summed E-state index contributed by atoms with van der Waals surface area (Å²) in [5.41, 5.74) is -0.0195.